The molecule has 0 heterocycles. The van der Waals surface area contributed by atoms with Crippen molar-refractivity contribution < 1.29 is 0 Å². The molecule has 0 bridgehead atoms. The molecule has 1 atom stereocenters. The summed E-state index contributed by atoms with van der Waals surface area (Å²) in [7, 11) is -0.297. The van der Waals surface area contributed by atoms with Crippen LogP contribution in [0.3, 0.4) is 0 Å². The largest absolute Gasteiger partial charge is 0.110 e. The van der Waals surface area contributed by atoms with Crippen molar-refractivity contribution >= 4 is 32.7 Å². The van der Waals surface area contributed by atoms with Crippen LogP contribution in [0.2, 0.25) is 5.54 Å². The van der Waals surface area contributed by atoms with Crippen molar-refractivity contribution in [2.75, 3.05) is 0 Å². The van der Waals surface area contributed by atoms with E-state index in [1.165, 1.54) is 0 Å². The minimum atomic E-state index is -0.297. The molecule has 1 unspecified atom stereocenters. The monoisotopic (exact) mass is 197 g/mol. The second-order valence-electron chi connectivity index (χ2n) is 3.04. The summed E-state index contributed by atoms with van der Waals surface area (Å²) in [6.07, 6.45) is 2.32. The van der Waals surface area contributed by atoms with Crippen LogP contribution in [0.4, 0.5) is 0 Å². The van der Waals surface area contributed by atoms with E-state index in [1.807, 2.05) is 0 Å². The van der Waals surface area contributed by atoms with Gasteiger partial charge in [0.2, 0.25) is 0 Å². The molecule has 0 aliphatic carbocycles. The highest BCUT2D eigenvalue weighted by Crippen LogP contribution is 2.17. The van der Waals surface area contributed by atoms with E-state index in [0.717, 1.165) is 0 Å². The summed E-state index contributed by atoms with van der Waals surface area (Å²) in [4.78, 5) is 0. The third-order valence-corrected chi connectivity index (χ3v) is 3.70. The van der Waals surface area contributed by atoms with Gasteiger partial charge in [-0.1, -0.05) is 20.8 Å². The summed E-state index contributed by atoms with van der Waals surface area (Å²) >= 11 is 11.3. The van der Waals surface area contributed by atoms with Gasteiger partial charge in [-0.3, -0.25) is 0 Å². The van der Waals surface area contributed by atoms with Crippen molar-refractivity contribution in [1.82, 2.24) is 0 Å². The Hall–Kier alpha value is 0.797. The normalized spacial score (nSPS) is 15.9. The van der Waals surface area contributed by atoms with Gasteiger partial charge in [0.05, 0.1) is 14.0 Å². The van der Waals surface area contributed by atoms with Gasteiger partial charge in [-0.15, -0.1) is 23.2 Å². The molecule has 10 heavy (non-hydrogen) atoms. The second-order valence-corrected chi connectivity index (χ2v) is 7.93. The molecule has 0 aromatic carbocycles. The molecule has 61 valence electrons. The van der Waals surface area contributed by atoms with Crippen LogP contribution in [0.25, 0.3) is 0 Å². The lowest BCUT2D eigenvalue weighted by Gasteiger charge is -2.12. The molecule has 0 saturated heterocycles. The zero-order valence-electron chi connectivity index (χ0n) is 6.77. The summed E-state index contributed by atoms with van der Waals surface area (Å²) in [5.41, 5.74) is 0.667. The van der Waals surface area contributed by atoms with Crippen molar-refractivity contribution in [3.05, 3.63) is 6.42 Å². The lowest BCUT2D eigenvalue weighted by molar-refractivity contribution is 0.719. The van der Waals surface area contributed by atoms with E-state index in [2.05, 4.69) is 27.2 Å². The molecular weight excluding hydrogens is 183 g/mol. The zero-order chi connectivity index (χ0) is 8.15. The Labute approximate surface area is 76.1 Å². The molecule has 0 aliphatic rings. The van der Waals surface area contributed by atoms with Gasteiger partial charge in [0, 0.05) is 0 Å². The van der Waals surface area contributed by atoms with Crippen LogP contribution in [0, 0.1) is 12.3 Å². The summed E-state index contributed by atoms with van der Waals surface area (Å²) in [6.45, 7) is 6.56. The topological polar surface area (TPSA) is 0 Å². The number of rotatable bonds is 4. The molecule has 0 N–H and O–H groups in total. The van der Waals surface area contributed by atoms with Crippen molar-refractivity contribution in [2.45, 2.75) is 30.8 Å². The van der Waals surface area contributed by atoms with E-state index >= 15 is 0 Å². The first-order valence-corrected chi connectivity index (χ1v) is 6.16. The first kappa shape index (κ1) is 10.8. The number of halogens is 2. The van der Waals surface area contributed by atoms with Crippen molar-refractivity contribution in [3.63, 3.8) is 0 Å². The van der Waals surface area contributed by atoms with E-state index in [9.17, 15) is 0 Å². The van der Waals surface area contributed by atoms with E-state index in [1.54, 1.807) is 0 Å². The molecule has 0 aromatic rings. The molecule has 0 spiro atoms. The van der Waals surface area contributed by atoms with Gasteiger partial charge in [-0.2, -0.15) is 0 Å². The Balaban J connectivity index is 3.34. The predicted molar refractivity (Wildman–Crippen MR) is 52.6 cm³/mol. The van der Waals surface area contributed by atoms with E-state index in [4.69, 9.17) is 23.2 Å². The van der Waals surface area contributed by atoms with Crippen LogP contribution in [0.5, 0.6) is 0 Å². The van der Waals surface area contributed by atoms with Gasteiger partial charge in [-0.25, -0.2) is 0 Å². The Morgan fingerprint density at radius 2 is 1.70 bits per heavy atom. The summed E-state index contributed by atoms with van der Waals surface area (Å²) in [5.74, 6) is 0.662. The molecule has 0 rings (SSSR count). The van der Waals surface area contributed by atoms with E-state index in [0.29, 0.717) is 11.5 Å². The highest BCUT2D eigenvalue weighted by atomic mass is 35.5. The second kappa shape index (κ2) is 5.45. The van der Waals surface area contributed by atoms with E-state index < -0.39 is 0 Å². The first-order chi connectivity index (χ1) is 4.52. The Kier molecular flexibility index (Phi) is 5.88. The zero-order valence-corrected chi connectivity index (χ0v) is 9.70. The molecule has 3 heteroatoms. The van der Waals surface area contributed by atoms with E-state index in [-0.39, 0.29) is 14.0 Å². The first-order valence-electron chi connectivity index (χ1n) is 3.65. The maximum atomic E-state index is 5.66. The third-order valence-electron chi connectivity index (χ3n) is 1.26. The molecule has 0 aromatic heterocycles. The van der Waals surface area contributed by atoms with Gasteiger partial charge >= 0.3 is 0 Å². The quantitative estimate of drug-likeness (QED) is 0.481. The van der Waals surface area contributed by atoms with Crippen molar-refractivity contribution in [2.24, 2.45) is 5.92 Å². The standard InChI is InChI=1S/C7H15Cl2Si/c1-5(2)4-6(3)10-7(8)9/h4-7H,10H2,1-3H3. The lowest BCUT2D eigenvalue weighted by Crippen LogP contribution is -2.10. The third kappa shape index (κ3) is 6.91. The fourth-order valence-corrected chi connectivity index (χ4v) is 3.97. The van der Waals surface area contributed by atoms with Crippen molar-refractivity contribution in [3.8, 4) is 0 Å². The molecule has 0 amide bonds. The SMILES string of the molecule is CC(C)[CH]C(C)[SiH2]C(Cl)Cl. The highest BCUT2D eigenvalue weighted by molar-refractivity contribution is 6.69. The molecule has 0 fully saturated rings. The van der Waals surface area contributed by atoms with Crippen LogP contribution < -0.4 is 0 Å². The Morgan fingerprint density at radius 1 is 1.20 bits per heavy atom. The highest BCUT2D eigenvalue weighted by Gasteiger charge is 2.10. The predicted octanol–water partition coefficient (Wildman–Crippen LogP) is 2.59. The van der Waals surface area contributed by atoms with Gasteiger partial charge in [-0.05, 0) is 17.9 Å². The smallest absolute Gasteiger partial charge is 0.0910 e. The minimum Gasteiger partial charge on any atom is -0.110 e. The molecule has 0 saturated carbocycles. The maximum absolute atomic E-state index is 5.66. The van der Waals surface area contributed by atoms with Gasteiger partial charge in [0.25, 0.3) is 0 Å². The fraction of sp³-hybridized carbons (Fsp3) is 0.857. The maximum Gasteiger partial charge on any atom is 0.0910 e. The van der Waals surface area contributed by atoms with Crippen LogP contribution in [-0.2, 0) is 0 Å². The average Bonchev–Trinajstić information content (AvgIpc) is 1.58. The summed E-state index contributed by atoms with van der Waals surface area (Å²) in [5, 5.41) is 0. The van der Waals surface area contributed by atoms with Crippen LogP contribution in [-0.4, -0.2) is 14.0 Å². The Bertz CT molecular complexity index is 73.7. The number of hydrogen-bond acceptors (Lipinski definition) is 0. The molecule has 0 aliphatic heterocycles. The van der Waals surface area contributed by atoms with Crippen LogP contribution in [0.1, 0.15) is 20.8 Å². The minimum absolute atomic E-state index is 0.0787. The van der Waals surface area contributed by atoms with Gasteiger partial charge in [0.1, 0.15) is 0 Å². The molecule has 0 nitrogen and oxygen atoms in total. The lowest BCUT2D eigenvalue weighted by atomic mass is 10.1. The van der Waals surface area contributed by atoms with Crippen LogP contribution in [0.15, 0.2) is 0 Å². The van der Waals surface area contributed by atoms with Gasteiger partial charge < -0.3 is 0 Å². The molecule has 1 radical (unpaired) electrons. The summed E-state index contributed by atoms with van der Waals surface area (Å²) < 4.78 is -0.0787. The van der Waals surface area contributed by atoms with Crippen LogP contribution >= 0.6 is 23.2 Å². The average molecular weight is 198 g/mol. The fourth-order valence-electron chi connectivity index (χ4n) is 1.02. The Morgan fingerprint density at radius 3 is 2.00 bits per heavy atom. The molecular formula is C7H15Cl2Si. The van der Waals surface area contributed by atoms with Crippen molar-refractivity contribution in [1.29, 1.82) is 0 Å². The number of alkyl halides is 2. The summed E-state index contributed by atoms with van der Waals surface area (Å²) in [6, 6.07) is 0. The van der Waals surface area contributed by atoms with Gasteiger partial charge in [0.15, 0.2) is 0 Å². The number of hydrogen-bond donors (Lipinski definition) is 0.